The van der Waals surface area contributed by atoms with Crippen LogP contribution >= 0.6 is 11.8 Å². The standard InChI is InChI=1S/C11H24N2OS/c1-11(15-3)14-10-9-13-6-4-5-12(2)7-8-13/h11H,4-10H2,1-3H3. The highest BCUT2D eigenvalue weighted by Gasteiger charge is 2.11. The van der Waals surface area contributed by atoms with E-state index in [-0.39, 0.29) is 0 Å². The number of thioether (sulfide) groups is 1. The van der Waals surface area contributed by atoms with Crippen LogP contribution in [-0.2, 0) is 4.74 Å². The summed E-state index contributed by atoms with van der Waals surface area (Å²) >= 11 is 1.77. The maximum absolute atomic E-state index is 5.67. The lowest BCUT2D eigenvalue weighted by molar-refractivity contribution is 0.0967. The summed E-state index contributed by atoms with van der Waals surface area (Å²) in [6.07, 6.45) is 3.38. The molecule has 90 valence electrons. The van der Waals surface area contributed by atoms with Crippen LogP contribution < -0.4 is 0 Å². The fourth-order valence-electron chi connectivity index (χ4n) is 1.74. The Labute approximate surface area is 98.1 Å². The van der Waals surface area contributed by atoms with Gasteiger partial charge in [0, 0.05) is 19.6 Å². The topological polar surface area (TPSA) is 15.7 Å². The minimum atomic E-state index is 0.333. The van der Waals surface area contributed by atoms with Gasteiger partial charge in [0.25, 0.3) is 0 Å². The van der Waals surface area contributed by atoms with Crippen molar-refractivity contribution in [1.29, 1.82) is 0 Å². The fourth-order valence-corrected chi connectivity index (χ4v) is 1.97. The van der Waals surface area contributed by atoms with Crippen molar-refractivity contribution in [2.75, 3.05) is 52.6 Å². The van der Waals surface area contributed by atoms with Gasteiger partial charge in [0.15, 0.2) is 0 Å². The lowest BCUT2D eigenvalue weighted by Crippen LogP contribution is -2.32. The summed E-state index contributed by atoms with van der Waals surface area (Å²) in [6.45, 7) is 8.90. The molecule has 0 aromatic rings. The maximum atomic E-state index is 5.67. The number of likely N-dealkylation sites (N-methyl/N-ethyl adjacent to an activating group) is 1. The van der Waals surface area contributed by atoms with Gasteiger partial charge >= 0.3 is 0 Å². The molecule has 0 amide bonds. The first-order chi connectivity index (χ1) is 7.22. The average molecular weight is 232 g/mol. The smallest absolute Gasteiger partial charge is 0.0997 e. The SMILES string of the molecule is CSC(C)OCCN1CCCN(C)CC1. The van der Waals surface area contributed by atoms with E-state index < -0.39 is 0 Å². The number of nitrogens with zero attached hydrogens (tertiary/aromatic N) is 2. The first kappa shape index (κ1) is 13.3. The molecule has 0 radical (unpaired) electrons. The molecule has 0 aliphatic carbocycles. The highest BCUT2D eigenvalue weighted by molar-refractivity contribution is 7.99. The summed E-state index contributed by atoms with van der Waals surface area (Å²) in [5, 5.41) is 0. The third kappa shape index (κ3) is 5.76. The van der Waals surface area contributed by atoms with Crippen molar-refractivity contribution in [1.82, 2.24) is 9.80 Å². The first-order valence-corrected chi connectivity index (χ1v) is 7.06. The monoisotopic (exact) mass is 232 g/mol. The van der Waals surface area contributed by atoms with Gasteiger partial charge in [-0.2, -0.15) is 0 Å². The molecule has 4 heteroatoms. The van der Waals surface area contributed by atoms with Crippen molar-refractivity contribution < 1.29 is 4.74 Å². The molecule has 0 N–H and O–H groups in total. The van der Waals surface area contributed by atoms with E-state index in [1.54, 1.807) is 11.8 Å². The van der Waals surface area contributed by atoms with Gasteiger partial charge in [0.2, 0.25) is 0 Å². The van der Waals surface area contributed by atoms with Gasteiger partial charge in [-0.25, -0.2) is 0 Å². The van der Waals surface area contributed by atoms with E-state index in [0.29, 0.717) is 5.44 Å². The molecule has 1 unspecified atom stereocenters. The van der Waals surface area contributed by atoms with E-state index in [2.05, 4.69) is 30.0 Å². The zero-order chi connectivity index (χ0) is 11.1. The van der Waals surface area contributed by atoms with E-state index in [4.69, 9.17) is 4.74 Å². The van der Waals surface area contributed by atoms with Crippen LogP contribution in [0.25, 0.3) is 0 Å². The lowest BCUT2D eigenvalue weighted by atomic mass is 10.4. The van der Waals surface area contributed by atoms with Gasteiger partial charge in [0.05, 0.1) is 12.0 Å². The second-order valence-corrected chi connectivity index (χ2v) is 5.31. The average Bonchev–Trinajstić information content (AvgIpc) is 2.43. The molecule has 1 fully saturated rings. The molecular weight excluding hydrogens is 208 g/mol. The van der Waals surface area contributed by atoms with Gasteiger partial charge < -0.3 is 9.64 Å². The Morgan fingerprint density at radius 1 is 1.27 bits per heavy atom. The Morgan fingerprint density at radius 2 is 2.07 bits per heavy atom. The summed E-state index contributed by atoms with van der Waals surface area (Å²) in [5.41, 5.74) is 0.333. The second kappa shape index (κ2) is 7.49. The largest absolute Gasteiger partial charge is 0.367 e. The highest BCUT2D eigenvalue weighted by Crippen LogP contribution is 2.06. The first-order valence-electron chi connectivity index (χ1n) is 5.77. The zero-order valence-corrected chi connectivity index (χ0v) is 11.1. The summed E-state index contributed by atoms with van der Waals surface area (Å²) in [4.78, 5) is 4.92. The number of hydrogen-bond acceptors (Lipinski definition) is 4. The van der Waals surface area contributed by atoms with Crippen LogP contribution in [0.4, 0.5) is 0 Å². The van der Waals surface area contributed by atoms with Crippen LogP contribution in [-0.4, -0.2) is 67.9 Å². The second-order valence-electron chi connectivity index (χ2n) is 4.17. The molecule has 3 nitrogen and oxygen atoms in total. The number of hydrogen-bond donors (Lipinski definition) is 0. The summed E-state index contributed by atoms with van der Waals surface area (Å²) in [7, 11) is 2.20. The van der Waals surface area contributed by atoms with Crippen molar-refractivity contribution >= 4 is 11.8 Å². The molecule has 1 atom stereocenters. The molecule has 0 spiro atoms. The van der Waals surface area contributed by atoms with E-state index in [9.17, 15) is 0 Å². The van der Waals surface area contributed by atoms with Gasteiger partial charge in [0.1, 0.15) is 0 Å². The minimum Gasteiger partial charge on any atom is -0.367 e. The van der Waals surface area contributed by atoms with Crippen molar-refractivity contribution in [3.8, 4) is 0 Å². The molecule has 0 bridgehead atoms. The molecule has 1 rings (SSSR count). The van der Waals surface area contributed by atoms with Gasteiger partial charge in [-0.05, 0) is 39.7 Å². The van der Waals surface area contributed by atoms with Crippen LogP contribution in [0, 0.1) is 0 Å². The van der Waals surface area contributed by atoms with E-state index in [0.717, 1.165) is 13.2 Å². The van der Waals surface area contributed by atoms with Gasteiger partial charge in [-0.15, -0.1) is 11.8 Å². The molecule has 0 aromatic carbocycles. The number of ether oxygens (including phenoxy) is 1. The van der Waals surface area contributed by atoms with Crippen molar-refractivity contribution in [2.24, 2.45) is 0 Å². The Hall–Kier alpha value is 0.230. The van der Waals surface area contributed by atoms with Gasteiger partial charge in [-0.3, -0.25) is 4.90 Å². The maximum Gasteiger partial charge on any atom is 0.0997 e. The van der Waals surface area contributed by atoms with Crippen molar-refractivity contribution in [3.63, 3.8) is 0 Å². The van der Waals surface area contributed by atoms with Crippen LogP contribution in [0.3, 0.4) is 0 Å². The predicted molar refractivity (Wildman–Crippen MR) is 67.5 cm³/mol. The molecule has 0 saturated carbocycles. The summed E-state index contributed by atoms with van der Waals surface area (Å²) < 4.78 is 5.67. The van der Waals surface area contributed by atoms with E-state index in [1.165, 1.54) is 32.6 Å². The van der Waals surface area contributed by atoms with Crippen LogP contribution in [0.15, 0.2) is 0 Å². The van der Waals surface area contributed by atoms with E-state index >= 15 is 0 Å². The Morgan fingerprint density at radius 3 is 2.80 bits per heavy atom. The lowest BCUT2D eigenvalue weighted by Gasteiger charge is -2.20. The summed E-state index contributed by atoms with van der Waals surface area (Å²) in [6, 6.07) is 0. The summed E-state index contributed by atoms with van der Waals surface area (Å²) in [5.74, 6) is 0. The molecule has 1 aliphatic heterocycles. The molecule has 15 heavy (non-hydrogen) atoms. The minimum absolute atomic E-state index is 0.333. The fraction of sp³-hybridized carbons (Fsp3) is 1.00. The van der Waals surface area contributed by atoms with Crippen molar-refractivity contribution in [2.45, 2.75) is 18.8 Å². The number of rotatable bonds is 5. The third-order valence-corrected chi connectivity index (χ3v) is 3.70. The molecule has 0 aromatic heterocycles. The zero-order valence-electron chi connectivity index (χ0n) is 10.2. The van der Waals surface area contributed by atoms with Crippen molar-refractivity contribution in [3.05, 3.63) is 0 Å². The molecular formula is C11H24N2OS. The Balaban J connectivity index is 2.10. The van der Waals surface area contributed by atoms with Gasteiger partial charge in [-0.1, -0.05) is 0 Å². The van der Waals surface area contributed by atoms with Crippen LogP contribution in [0.5, 0.6) is 0 Å². The normalized spacial score (nSPS) is 22.6. The van der Waals surface area contributed by atoms with E-state index in [1.807, 2.05) is 0 Å². The molecule has 1 heterocycles. The third-order valence-electron chi connectivity index (χ3n) is 2.90. The molecule has 1 saturated heterocycles. The quantitative estimate of drug-likeness (QED) is 0.665. The Bertz CT molecular complexity index is 169. The predicted octanol–water partition coefficient (Wildman–Crippen LogP) is 1.35. The Kier molecular flexibility index (Phi) is 6.64. The van der Waals surface area contributed by atoms with Crippen LogP contribution in [0.2, 0.25) is 0 Å². The van der Waals surface area contributed by atoms with Crippen LogP contribution in [0.1, 0.15) is 13.3 Å². The highest BCUT2D eigenvalue weighted by atomic mass is 32.2. The molecule has 1 aliphatic rings.